The fraction of sp³-hybridized carbons (Fsp3) is 0.889. The van der Waals surface area contributed by atoms with E-state index in [1.807, 2.05) is 13.8 Å². The molecule has 0 bridgehead atoms. The summed E-state index contributed by atoms with van der Waals surface area (Å²) in [6.07, 6.45) is 3.94. The Balaban J connectivity index is 2.89. The number of ether oxygens (including phenoxy) is 2. The molecule has 0 aromatic heterocycles. The Labute approximate surface area is 134 Å². The molecule has 0 aromatic carbocycles. The summed E-state index contributed by atoms with van der Waals surface area (Å²) in [5.74, 6) is 0.456. The van der Waals surface area contributed by atoms with Crippen molar-refractivity contribution in [2.75, 3.05) is 0 Å². The van der Waals surface area contributed by atoms with Crippen LogP contribution in [0.4, 0.5) is 0 Å². The van der Waals surface area contributed by atoms with Gasteiger partial charge in [-0.25, -0.2) is 0 Å². The van der Waals surface area contributed by atoms with E-state index in [1.165, 1.54) is 0 Å². The van der Waals surface area contributed by atoms with Gasteiger partial charge in [-0.15, -0.1) is 0 Å². The number of carbonyl (C=O) groups excluding carboxylic acids is 2. The third kappa shape index (κ3) is 4.23. The fourth-order valence-electron chi connectivity index (χ4n) is 3.37. The highest BCUT2D eigenvalue weighted by atomic mass is 16.6. The first-order valence-corrected chi connectivity index (χ1v) is 8.48. The van der Waals surface area contributed by atoms with E-state index in [4.69, 9.17) is 9.47 Å². The van der Waals surface area contributed by atoms with E-state index < -0.39 is 11.0 Å². The maximum absolute atomic E-state index is 12.8. The average Bonchev–Trinajstić information content (AvgIpc) is 2.40. The van der Waals surface area contributed by atoms with Crippen molar-refractivity contribution in [2.24, 2.45) is 17.3 Å². The molecule has 0 heterocycles. The molecule has 128 valence electrons. The first kappa shape index (κ1) is 19.0. The van der Waals surface area contributed by atoms with Crippen LogP contribution in [0.2, 0.25) is 0 Å². The SMILES string of the molecule is CC(C)CC(C)(C(=O)OC1CCCCC1(C)OC=O)C(C)C. The van der Waals surface area contributed by atoms with Crippen LogP contribution < -0.4 is 0 Å². The highest BCUT2D eigenvalue weighted by Gasteiger charge is 2.45. The van der Waals surface area contributed by atoms with Crippen molar-refractivity contribution in [1.82, 2.24) is 0 Å². The van der Waals surface area contributed by atoms with Crippen molar-refractivity contribution < 1.29 is 19.1 Å². The van der Waals surface area contributed by atoms with Gasteiger partial charge in [0.1, 0.15) is 11.7 Å². The highest BCUT2D eigenvalue weighted by molar-refractivity contribution is 5.77. The van der Waals surface area contributed by atoms with Crippen molar-refractivity contribution in [1.29, 1.82) is 0 Å². The van der Waals surface area contributed by atoms with E-state index in [9.17, 15) is 9.59 Å². The third-order valence-electron chi connectivity index (χ3n) is 5.21. The van der Waals surface area contributed by atoms with E-state index in [0.29, 0.717) is 12.4 Å². The van der Waals surface area contributed by atoms with Crippen molar-refractivity contribution >= 4 is 12.4 Å². The molecule has 1 saturated carbocycles. The van der Waals surface area contributed by atoms with Gasteiger partial charge in [-0.3, -0.25) is 9.59 Å². The Kier molecular flexibility index (Phi) is 6.45. The largest absolute Gasteiger partial charge is 0.458 e. The quantitative estimate of drug-likeness (QED) is 0.524. The molecule has 0 N–H and O–H groups in total. The minimum Gasteiger partial charge on any atom is -0.458 e. The van der Waals surface area contributed by atoms with E-state index in [-0.39, 0.29) is 18.0 Å². The van der Waals surface area contributed by atoms with E-state index in [0.717, 1.165) is 32.1 Å². The highest BCUT2D eigenvalue weighted by Crippen LogP contribution is 2.39. The number of rotatable bonds is 7. The lowest BCUT2D eigenvalue weighted by Crippen LogP contribution is -2.49. The summed E-state index contributed by atoms with van der Waals surface area (Å²) in [5, 5.41) is 0. The Hall–Kier alpha value is -1.06. The summed E-state index contributed by atoms with van der Waals surface area (Å²) < 4.78 is 11.1. The smallest absolute Gasteiger partial charge is 0.312 e. The lowest BCUT2D eigenvalue weighted by Gasteiger charge is -2.41. The molecule has 1 rings (SSSR count). The molecule has 0 amide bonds. The molecule has 0 spiro atoms. The van der Waals surface area contributed by atoms with Crippen LogP contribution in [0.25, 0.3) is 0 Å². The molecule has 0 aliphatic heterocycles. The van der Waals surface area contributed by atoms with E-state index in [1.54, 1.807) is 0 Å². The van der Waals surface area contributed by atoms with Crippen LogP contribution in [0.5, 0.6) is 0 Å². The normalized spacial score (nSPS) is 28.3. The third-order valence-corrected chi connectivity index (χ3v) is 5.21. The summed E-state index contributed by atoms with van der Waals surface area (Å²) in [5.41, 5.74) is -1.20. The number of hydrogen-bond donors (Lipinski definition) is 0. The standard InChI is InChI=1S/C18H32O4/c1-13(2)11-17(5,14(3)4)16(20)22-15-9-7-8-10-18(15,6)21-12-19/h12-15H,7-11H2,1-6H3. The van der Waals surface area contributed by atoms with Crippen molar-refractivity contribution in [2.45, 2.75) is 85.4 Å². The van der Waals surface area contributed by atoms with Crippen LogP contribution in [0, 0.1) is 17.3 Å². The lowest BCUT2D eigenvalue weighted by molar-refractivity contribution is -0.191. The summed E-state index contributed by atoms with van der Waals surface area (Å²) in [6.45, 7) is 12.7. The second kappa shape index (κ2) is 7.47. The van der Waals surface area contributed by atoms with Crippen LogP contribution >= 0.6 is 0 Å². The molecule has 4 nitrogen and oxygen atoms in total. The van der Waals surface area contributed by atoms with Crippen molar-refractivity contribution in [3.05, 3.63) is 0 Å². The second-order valence-electron chi connectivity index (χ2n) is 7.84. The molecule has 0 aromatic rings. The molecule has 1 aliphatic rings. The van der Waals surface area contributed by atoms with Gasteiger partial charge in [0.25, 0.3) is 6.47 Å². The predicted octanol–water partition coefficient (Wildman–Crippen LogP) is 4.11. The van der Waals surface area contributed by atoms with Gasteiger partial charge in [-0.2, -0.15) is 0 Å². The van der Waals surface area contributed by atoms with Gasteiger partial charge >= 0.3 is 5.97 Å². The zero-order chi connectivity index (χ0) is 17.0. The minimum absolute atomic E-state index is 0.163. The average molecular weight is 312 g/mol. The molecular formula is C18H32O4. The van der Waals surface area contributed by atoms with Gasteiger partial charge in [-0.1, -0.05) is 27.7 Å². The van der Waals surface area contributed by atoms with Gasteiger partial charge in [0, 0.05) is 0 Å². The second-order valence-corrected chi connectivity index (χ2v) is 7.84. The Morgan fingerprint density at radius 3 is 2.45 bits per heavy atom. The molecule has 3 unspecified atom stereocenters. The summed E-state index contributed by atoms with van der Waals surface area (Å²) in [4.78, 5) is 23.6. The number of esters is 1. The van der Waals surface area contributed by atoms with E-state index >= 15 is 0 Å². The molecular weight excluding hydrogens is 280 g/mol. The molecule has 22 heavy (non-hydrogen) atoms. The zero-order valence-corrected chi connectivity index (χ0v) is 15.0. The monoisotopic (exact) mass is 312 g/mol. The minimum atomic E-state index is -0.689. The lowest BCUT2D eigenvalue weighted by atomic mass is 9.73. The number of hydrogen-bond acceptors (Lipinski definition) is 4. The summed E-state index contributed by atoms with van der Waals surface area (Å²) in [6, 6.07) is 0. The van der Waals surface area contributed by atoms with Gasteiger partial charge < -0.3 is 9.47 Å². The Bertz CT molecular complexity index is 391. The Morgan fingerprint density at radius 2 is 1.95 bits per heavy atom. The maximum Gasteiger partial charge on any atom is 0.312 e. The summed E-state index contributed by atoms with van der Waals surface area (Å²) in [7, 11) is 0. The van der Waals surface area contributed by atoms with Crippen LogP contribution in [-0.4, -0.2) is 24.1 Å². The molecule has 0 saturated heterocycles. The molecule has 1 fully saturated rings. The molecule has 0 radical (unpaired) electrons. The first-order chi connectivity index (χ1) is 10.2. The van der Waals surface area contributed by atoms with Crippen molar-refractivity contribution in [3.63, 3.8) is 0 Å². The zero-order valence-electron chi connectivity index (χ0n) is 15.0. The van der Waals surface area contributed by atoms with Crippen LogP contribution in [0.3, 0.4) is 0 Å². The van der Waals surface area contributed by atoms with Crippen LogP contribution in [0.1, 0.15) is 73.6 Å². The van der Waals surface area contributed by atoms with Gasteiger partial charge in [0.15, 0.2) is 0 Å². The first-order valence-electron chi connectivity index (χ1n) is 8.48. The van der Waals surface area contributed by atoms with Crippen molar-refractivity contribution in [3.8, 4) is 0 Å². The van der Waals surface area contributed by atoms with Crippen LogP contribution in [0.15, 0.2) is 0 Å². The summed E-state index contributed by atoms with van der Waals surface area (Å²) >= 11 is 0. The molecule has 4 heteroatoms. The number of carbonyl (C=O) groups is 2. The fourth-order valence-corrected chi connectivity index (χ4v) is 3.37. The van der Waals surface area contributed by atoms with Crippen LogP contribution in [-0.2, 0) is 19.1 Å². The Morgan fingerprint density at radius 1 is 1.32 bits per heavy atom. The molecule has 1 aliphatic carbocycles. The predicted molar refractivity (Wildman–Crippen MR) is 86.3 cm³/mol. The van der Waals surface area contributed by atoms with Gasteiger partial charge in [0.05, 0.1) is 5.41 Å². The van der Waals surface area contributed by atoms with E-state index in [2.05, 4.69) is 27.7 Å². The molecule has 3 atom stereocenters. The topological polar surface area (TPSA) is 52.6 Å². The maximum atomic E-state index is 12.8. The van der Waals surface area contributed by atoms with Gasteiger partial charge in [-0.05, 0) is 57.8 Å². The van der Waals surface area contributed by atoms with Gasteiger partial charge in [0.2, 0.25) is 0 Å².